The van der Waals surface area contributed by atoms with Crippen LogP contribution in [0.15, 0.2) is 35.5 Å². The van der Waals surface area contributed by atoms with E-state index in [1.807, 2.05) is 38.1 Å². The average Bonchev–Trinajstić information content (AvgIpc) is 2.21. The summed E-state index contributed by atoms with van der Waals surface area (Å²) < 4.78 is 0. The SMILES string of the molecule is CC(C)N=CC(=CN)c1ccc(Cl)cc1. The average molecular weight is 223 g/mol. The summed E-state index contributed by atoms with van der Waals surface area (Å²) in [7, 11) is 0. The Kier molecular flexibility index (Phi) is 4.37. The molecular weight excluding hydrogens is 208 g/mol. The van der Waals surface area contributed by atoms with Crippen molar-refractivity contribution in [3.05, 3.63) is 41.1 Å². The molecule has 0 radical (unpaired) electrons. The van der Waals surface area contributed by atoms with E-state index < -0.39 is 0 Å². The first-order valence-corrected chi connectivity index (χ1v) is 5.22. The number of hydrogen-bond donors (Lipinski definition) is 1. The van der Waals surface area contributed by atoms with Crippen LogP contribution in [0, 0.1) is 0 Å². The van der Waals surface area contributed by atoms with Crippen molar-refractivity contribution in [2.75, 3.05) is 0 Å². The second kappa shape index (κ2) is 5.56. The molecule has 0 spiro atoms. The van der Waals surface area contributed by atoms with Gasteiger partial charge in [0.15, 0.2) is 0 Å². The highest BCUT2D eigenvalue weighted by atomic mass is 35.5. The largest absolute Gasteiger partial charge is 0.404 e. The molecule has 2 nitrogen and oxygen atoms in total. The van der Waals surface area contributed by atoms with Crippen LogP contribution in [0.25, 0.3) is 5.57 Å². The van der Waals surface area contributed by atoms with Crippen molar-refractivity contribution < 1.29 is 0 Å². The van der Waals surface area contributed by atoms with Gasteiger partial charge in [0.05, 0.1) is 0 Å². The lowest BCUT2D eigenvalue weighted by Gasteiger charge is -2.02. The van der Waals surface area contributed by atoms with Crippen LogP contribution in [0.5, 0.6) is 0 Å². The van der Waals surface area contributed by atoms with Gasteiger partial charge < -0.3 is 5.73 Å². The fraction of sp³-hybridized carbons (Fsp3) is 0.250. The van der Waals surface area contributed by atoms with Gasteiger partial charge in [0.25, 0.3) is 0 Å². The topological polar surface area (TPSA) is 38.4 Å². The van der Waals surface area contributed by atoms with Crippen LogP contribution in [0.4, 0.5) is 0 Å². The molecule has 0 unspecified atom stereocenters. The van der Waals surface area contributed by atoms with Gasteiger partial charge >= 0.3 is 0 Å². The first-order chi connectivity index (χ1) is 7.13. The van der Waals surface area contributed by atoms with E-state index in [9.17, 15) is 0 Å². The summed E-state index contributed by atoms with van der Waals surface area (Å²) in [6.45, 7) is 4.04. The molecule has 1 aromatic rings. The molecule has 0 aliphatic heterocycles. The number of rotatable bonds is 3. The van der Waals surface area contributed by atoms with Crippen LogP contribution in [-0.4, -0.2) is 12.3 Å². The molecule has 80 valence electrons. The van der Waals surface area contributed by atoms with Gasteiger partial charge in [-0.1, -0.05) is 23.7 Å². The van der Waals surface area contributed by atoms with Crippen LogP contribution >= 0.6 is 11.6 Å². The molecule has 0 saturated heterocycles. The summed E-state index contributed by atoms with van der Waals surface area (Å²) in [5, 5.41) is 0.718. The van der Waals surface area contributed by atoms with E-state index in [2.05, 4.69) is 4.99 Å². The molecule has 0 saturated carbocycles. The first-order valence-electron chi connectivity index (χ1n) is 4.84. The van der Waals surface area contributed by atoms with Crippen LogP contribution in [0.2, 0.25) is 5.02 Å². The second-order valence-electron chi connectivity index (χ2n) is 3.50. The van der Waals surface area contributed by atoms with Gasteiger partial charge in [-0.25, -0.2) is 0 Å². The molecular formula is C12H15ClN2. The van der Waals surface area contributed by atoms with Gasteiger partial charge in [-0.15, -0.1) is 0 Å². The number of benzene rings is 1. The van der Waals surface area contributed by atoms with Gasteiger partial charge in [-0.05, 0) is 31.5 Å². The number of nitrogens with zero attached hydrogens (tertiary/aromatic N) is 1. The van der Waals surface area contributed by atoms with Crippen LogP contribution in [0.1, 0.15) is 19.4 Å². The Labute approximate surface area is 95.5 Å². The summed E-state index contributed by atoms with van der Waals surface area (Å²) in [5.74, 6) is 0. The van der Waals surface area contributed by atoms with E-state index in [0.717, 1.165) is 16.2 Å². The van der Waals surface area contributed by atoms with Crippen LogP contribution < -0.4 is 5.73 Å². The zero-order valence-electron chi connectivity index (χ0n) is 8.94. The Bertz CT molecular complexity index is 364. The van der Waals surface area contributed by atoms with Gasteiger partial charge in [0, 0.05) is 29.1 Å². The minimum absolute atomic E-state index is 0.271. The van der Waals surface area contributed by atoms with E-state index >= 15 is 0 Å². The minimum atomic E-state index is 0.271. The summed E-state index contributed by atoms with van der Waals surface area (Å²) in [6, 6.07) is 7.79. The second-order valence-corrected chi connectivity index (χ2v) is 3.94. The molecule has 1 rings (SSSR count). The number of nitrogens with two attached hydrogens (primary N) is 1. The Morgan fingerprint density at radius 3 is 2.40 bits per heavy atom. The maximum Gasteiger partial charge on any atom is 0.0443 e. The Balaban J connectivity index is 2.89. The van der Waals surface area contributed by atoms with Gasteiger partial charge in [-0.3, -0.25) is 4.99 Å². The van der Waals surface area contributed by atoms with E-state index in [4.69, 9.17) is 17.3 Å². The summed E-state index contributed by atoms with van der Waals surface area (Å²) in [4.78, 5) is 4.29. The lowest BCUT2D eigenvalue weighted by Crippen LogP contribution is -1.94. The van der Waals surface area contributed by atoms with Crippen molar-refractivity contribution in [2.24, 2.45) is 10.7 Å². The summed E-state index contributed by atoms with van der Waals surface area (Å²) >= 11 is 5.80. The Morgan fingerprint density at radius 2 is 1.93 bits per heavy atom. The quantitative estimate of drug-likeness (QED) is 0.785. The van der Waals surface area contributed by atoms with Crippen LogP contribution in [0.3, 0.4) is 0 Å². The highest BCUT2D eigenvalue weighted by molar-refractivity contribution is 6.30. The predicted molar refractivity (Wildman–Crippen MR) is 67.2 cm³/mol. The van der Waals surface area contributed by atoms with Crippen LogP contribution in [-0.2, 0) is 0 Å². The third kappa shape index (κ3) is 3.76. The third-order valence-electron chi connectivity index (χ3n) is 1.87. The zero-order valence-corrected chi connectivity index (χ0v) is 9.70. The number of hydrogen-bond acceptors (Lipinski definition) is 2. The summed E-state index contributed by atoms with van der Waals surface area (Å²) in [5.41, 5.74) is 7.47. The highest BCUT2D eigenvalue weighted by Gasteiger charge is 1.98. The number of allylic oxidation sites excluding steroid dienone is 1. The molecule has 0 bridgehead atoms. The number of aliphatic imine (C=N–C) groups is 1. The fourth-order valence-corrected chi connectivity index (χ4v) is 1.21. The molecule has 15 heavy (non-hydrogen) atoms. The van der Waals surface area contributed by atoms with Crippen molar-refractivity contribution in [3.63, 3.8) is 0 Å². The van der Waals surface area contributed by atoms with Gasteiger partial charge in [0.2, 0.25) is 0 Å². The standard InChI is InChI=1S/C12H15ClN2/c1-9(2)15-8-11(7-14)10-3-5-12(13)6-4-10/h3-9H,14H2,1-2H3. The molecule has 0 aliphatic carbocycles. The molecule has 2 N–H and O–H groups in total. The number of halogens is 1. The van der Waals surface area contributed by atoms with E-state index in [-0.39, 0.29) is 6.04 Å². The molecule has 0 atom stereocenters. The first kappa shape index (κ1) is 11.8. The fourth-order valence-electron chi connectivity index (χ4n) is 1.09. The molecule has 0 fully saturated rings. The van der Waals surface area contributed by atoms with Crippen molar-refractivity contribution in [2.45, 2.75) is 19.9 Å². The third-order valence-corrected chi connectivity index (χ3v) is 2.12. The lowest BCUT2D eigenvalue weighted by atomic mass is 10.1. The monoisotopic (exact) mass is 222 g/mol. The van der Waals surface area contributed by atoms with Gasteiger partial charge in [0.1, 0.15) is 0 Å². The molecule has 0 aromatic heterocycles. The van der Waals surface area contributed by atoms with E-state index in [1.165, 1.54) is 0 Å². The molecule has 1 aromatic carbocycles. The Morgan fingerprint density at radius 1 is 1.33 bits per heavy atom. The maximum absolute atomic E-state index is 5.80. The van der Waals surface area contributed by atoms with Crippen molar-refractivity contribution >= 4 is 23.4 Å². The molecule has 0 heterocycles. The van der Waals surface area contributed by atoms with E-state index in [1.54, 1.807) is 12.4 Å². The maximum atomic E-state index is 5.80. The van der Waals surface area contributed by atoms with Gasteiger partial charge in [-0.2, -0.15) is 0 Å². The normalized spacial score (nSPS) is 12.7. The lowest BCUT2D eigenvalue weighted by molar-refractivity contribution is 0.842. The van der Waals surface area contributed by atoms with Crippen molar-refractivity contribution in [1.29, 1.82) is 0 Å². The molecule has 0 aliphatic rings. The zero-order chi connectivity index (χ0) is 11.3. The summed E-state index contributed by atoms with van der Waals surface area (Å²) in [6.07, 6.45) is 3.34. The molecule has 0 amide bonds. The van der Waals surface area contributed by atoms with Crippen molar-refractivity contribution in [3.8, 4) is 0 Å². The highest BCUT2D eigenvalue weighted by Crippen LogP contribution is 2.15. The Hall–Kier alpha value is -1.28. The predicted octanol–water partition coefficient (Wildman–Crippen LogP) is 3.12. The molecule has 3 heteroatoms. The van der Waals surface area contributed by atoms with Crippen molar-refractivity contribution in [1.82, 2.24) is 0 Å². The van der Waals surface area contributed by atoms with E-state index in [0.29, 0.717) is 0 Å². The smallest absolute Gasteiger partial charge is 0.0443 e. The minimum Gasteiger partial charge on any atom is -0.404 e.